The van der Waals surface area contributed by atoms with Crippen LogP contribution in [0.25, 0.3) is 10.2 Å². The molecule has 1 aromatic heterocycles. The van der Waals surface area contributed by atoms with Crippen LogP contribution in [0, 0.1) is 0 Å². The Bertz CT molecular complexity index is 1290. The van der Waals surface area contributed by atoms with Gasteiger partial charge in [-0.05, 0) is 49.2 Å². The number of aryl methyl sites for hydroxylation is 1. The molecule has 0 spiro atoms. The van der Waals surface area contributed by atoms with E-state index in [1.54, 1.807) is 17.7 Å². The third-order valence-corrected chi connectivity index (χ3v) is 8.91. The van der Waals surface area contributed by atoms with Crippen molar-refractivity contribution in [1.82, 2.24) is 8.87 Å². The summed E-state index contributed by atoms with van der Waals surface area (Å²) in [5.41, 5.74) is 1.03. The first kappa shape index (κ1) is 21.5. The molecule has 10 heteroatoms. The van der Waals surface area contributed by atoms with Gasteiger partial charge in [-0.15, -0.1) is 0 Å². The van der Waals surface area contributed by atoms with Gasteiger partial charge >= 0.3 is 0 Å². The maximum atomic E-state index is 12.8. The summed E-state index contributed by atoms with van der Waals surface area (Å²) in [5.74, 6) is -0.457. The number of amides is 1. The number of hydrogen-bond donors (Lipinski definition) is 0. The second kappa shape index (κ2) is 8.43. The van der Waals surface area contributed by atoms with E-state index in [0.717, 1.165) is 24.0 Å². The molecule has 0 saturated carbocycles. The van der Waals surface area contributed by atoms with E-state index in [9.17, 15) is 13.2 Å². The predicted octanol–water partition coefficient (Wildman–Crippen LogP) is 4.46. The molecule has 1 fully saturated rings. The fourth-order valence-corrected chi connectivity index (χ4v) is 6.50. The molecule has 6 nitrogen and oxygen atoms in total. The lowest BCUT2D eigenvalue weighted by molar-refractivity contribution is 0.0998. The molecule has 0 atom stereocenters. The van der Waals surface area contributed by atoms with E-state index in [2.05, 4.69) is 4.99 Å². The van der Waals surface area contributed by atoms with E-state index in [1.165, 1.54) is 39.9 Å². The van der Waals surface area contributed by atoms with E-state index in [-0.39, 0.29) is 4.90 Å². The number of carbonyl (C=O) groups is 1. The van der Waals surface area contributed by atoms with Crippen LogP contribution in [0.4, 0.5) is 0 Å². The van der Waals surface area contributed by atoms with E-state index in [1.807, 2.05) is 6.07 Å². The van der Waals surface area contributed by atoms with E-state index in [4.69, 9.17) is 23.2 Å². The number of thiazole rings is 1. The normalized spacial score (nSPS) is 16.3. The Morgan fingerprint density at radius 2 is 1.70 bits per heavy atom. The first-order chi connectivity index (χ1) is 14.3. The van der Waals surface area contributed by atoms with Crippen molar-refractivity contribution in [1.29, 1.82) is 0 Å². The third-order valence-electron chi connectivity index (χ3n) is 5.11. The lowest BCUT2D eigenvalue weighted by atomic mass is 10.2. The maximum absolute atomic E-state index is 12.8. The van der Waals surface area contributed by atoms with Crippen molar-refractivity contribution < 1.29 is 13.2 Å². The number of sulfonamides is 1. The highest BCUT2D eigenvalue weighted by Gasteiger charge is 2.26. The number of rotatable bonds is 3. The molecule has 1 amide bonds. The number of halogens is 2. The zero-order valence-corrected chi connectivity index (χ0v) is 19.3. The van der Waals surface area contributed by atoms with Crippen molar-refractivity contribution in [2.24, 2.45) is 12.0 Å². The molecule has 4 rings (SSSR count). The van der Waals surface area contributed by atoms with Crippen molar-refractivity contribution in [3.05, 3.63) is 56.8 Å². The Labute approximate surface area is 188 Å². The summed E-state index contributed by atoms with van der Waals surface area (Å²) in [7, 11) is -1.77. The van der Waals surface area contributed by atoms with Gasteiger partial charge in [-0.25, -0.2) is 8.42 Å². The van der Waals surface area contributed by atoms with Gasteiger partial charge in [-0.2, -0.15) is 9.30 Å². The average Bonchev–Trinajstić information content (AvgIpc) is 3.07. The summed E-state index contributed by atoms with van der Waals surface area (Å²) in [5, 5.41) is 0.843. The number of benzene rings is 2. The fourth-order valence-electron chi connectivity index (χ4n) is 3.45. The number of fused-ring (bicyclic) bond motifs is 1. The van der Waals surface area contributed by atoms with Crippen molar-refractivity contribution in [2.45, 2.75) is 24.2 Å². The van der Waals surface area contributed by atoms with Crippen LogP contribution >= 0.6 is 34.5 Å². The van der Waals surface area contributed by atoms with Crippen molar-refractivity contribution in [3.8, 4) is 0 Å². The van der Waals surface area contributed by atoms with Gasteiger partial charge in [-0.3, -0.25) is 4.79 Å². The van der Waals surface area contributed by atoms with Gasteiger partial charge in [0.15, 0.2) is 4.80 Å². The Morgan fingerprint density at radius 3 is 2.37 bits per heavy atom. The van der Waals surface area contributed by atoms with Crippen LogP contribution in [0.3, 0.4) is 0 Å². The van der Waals surface area contributed by atoms with Crippen LogP contribution in [0.15, 0.2) is 46.3 Å². The molecule has 1 aliphatic rings. The smallest absolute Gasteiger partial charge is 0.279 e. The minimum atomic E-state index is -3.53. The molecule has 158 valence electrons. The topological polar surface area (TPSA) is 71.7 Å². The molecule has 30 heavy (non-hydrogen) atoms. The number of piperidine rings is 1. The molecular weight excluding hydrogens is 465 g/mol. The van der Waals surface area contributed by atoms with Crippen LogP contribution < -0.4 is 4.80 Å². The fraction of sp³-hybridized carbons (Fsp3) is 0.300. The Balaban J connectivity index is 1.64. The minimum absolute atomic E-state index is 0.190. The molecule has 3 aromatic rings. The molecule has 0 unspecified atom stereocenters. The summed E-state index contributed by atoms with van der Waals surface area (Å²) < 4.78 is 29.6. The Hall–Kier alpha value is -1.71. The molecule has 0 radical (unpaired) electrons. The van der Waals surface area contributed by atoms with Gasteiger partial charge in [0.1, 0.15) is 0 Å². The molecule has 0 bridgehead atoms. The highest BCUT2D eigenvalue weighted by Crippen LogP contribution is 2.31. The lowest BCUT2D eigenvalue weighted by Crippen LogP contribution is -2.35. The molecule has 2 heterocycles. The van der Waals surface area contributed by atoms with Crippen molar-refractivity contribution >= 4 is 60.7 Å². The monoisotopic (exact) mass is 483 g/mol. The first-order valence-corrected chi connectivity index (χ1v) is 12.4. The Morgan fingerprint density at radius 1 is 1.03 bits per heavy atom. The van der Waals surface area contributed by atoms with E-state index >= 15 is 0 Å². The summed E-state index contributed by atoms with van der Waals surface area (Å²) in [6.07, 6.45) is 2.79. The largest absolute Gasteiger partial charge is 0.318 e. The van der Waals surface area contributed by atoms with Gasteiger partial charge in [-0.1, -0.05) is 41.0 Å². The molecule has 1 saturated heterocycles. The molecule has 1 aliphatic heterocycles. The van der Waals surface area contributed by atoms with Gasteiger partial charge in [0, 0.05) is 25.7 Å². The van der Waals surface area contributed by atoms with Crippen LogP contribution in [0.2, 0.25) is 10.0 Å². The molecular formula is C20H19Cl2N3O3S2. The average molecular weight is 484 g/mol. The number of hydrogen-bond acceptors (Lipinski definition) is 4. The summed E-state index contributed by atoms with van der Waals surface area (Å²) >= 11 is 13.7. The van der Waals surface area contributed by atoms with Gasteiger partial charge in [0.05, 0.1) is 25.2 Å². The SMILES string of the molecule is Cn1c(=NC(=O)c2ccc(S(=O)(=O)N3CCCCC3)cc2)sc2ccc(Cl)c(Cl)c21. The number of carbonyl (C=O) groups excluding carboxylic acids is 1. The van der Waals surface area contributed by atoms with Crippen LogP contribution in [-0.4, -0.2) is 36.3 Å². The summed E-state index contributed by atoms with van der Waals surface area (Å²) in [4.78, 5) is 17.5. The standard InChI is InChI=1S/C20H19Cl2N3O3S2/c1-24-18-16(10-9-15(21)17(18)22)29-20(24)23-19(26)13-5-7-14(8-6-13)30(27,28)25-11-3-2-4-12-25/h5-10H,2-4,11-12H2,1H3. The highest BCUT2D eigenvalue weighted by atomic mass is 35.5. The van der Waals surface area contributed by atoms with Crippen LogP contribution in [0.5, 0.6) is 0 Å². The minimum Gasteiger partial charge on any atom is -0.318 e. The zero-order chi connectivity index (χ0) is 21.5. The first-order valence-electron chi connectivity index (χ1n) is 9.42. The second-order valence-corrected chi connectivity index (χ2v) is 10.8. The number of nitrogens with zero attached hydrogens (tertiary/aromatic N) is 3. The van der Waals surface area contributed by atoms with E-state index < -0.39 is 15.9 Å². The van der Waals surface area contributed by atoms with Gasteiger partial charge < -0.3 is 4.57 Å². The van der Waals surface area contributed by atoms with Gasteiger partial charge in [0.25, 0.3) is 5.91 Å². The summed E-state index contributed by atoms with van der Waals surface area (Å²) in [6, 6.07) is 9.47. The van der Waals surface area contributed by atoms with Crippen molar-refractivity contribution in [3.63, 3.8) is 0 Å². The van der Waals surface area contributed by atoms with Crippen LogP contribution in [-0.2, 0) is 17.1 Å². The second-order valence-electron chi connectivity index (χ2n) is 7.06. The zero-order valence-electron chi connectivity index (χ0n) is 16.1. The molecule has 0 N–H and O–H groups in total. The van der Waals surface area contributed by atoms with Crippen LogP contribution in [0.1, 0.15) is 29.6 Å². The van der Waals surface area contributed by atoms with Crippen molar-refractivity contribution in [2.75, 3.05) is 13.1 Å². The predicted molar refractivity (Wildman–Crippen MR) is 120 cm³/mol. The molecule has 2 aromatic carbocycles. The number of aromatic nitrogens is 1. The third kappa shape index (κ3) is 3.94. The molecule has 0 aliphatic carbocycles. The lowest BCUT2D eigenvalue weighted by Gasteiger charge is -2.25. The van der Waals surface area contributed by atoms with Gasteiger partial charge in [0.2, 0.25) is 10.0 Å². The quantitative estimate of drug-likeness (QED) is 0.551. The summed E-state index contributed by atoms with van der Waals surface area (Å²) in [6.45, 7) is 1.07. The Kier molecular flexibility index (Phi) is 6.05. The highest BCUT2D eigenvalue weighted by molar-refractivity contribution is 7.89. The van der Waals surface area contributed by atoms with E-state index in [0.29, 0.717) is 39.0 Å². The maximum Gasteiger partial charge on any atom is 0.279 e.